The molecule has 3 unspecified atom stereocenters. The van der Waals surface area contributed by atoms with Crippen LogP contribution in [-0.4, -0.2) is 57.0 Å². The van der Waals surface area contributed by atoms with E-state index in [4.69, 9.17) is 10.5 Å². The molecule has 0 saturated carbocycles. The number of carbonyl (C=O) groups is 4. The van der Waals surface area contributed by atoms with E-state index in [-0.39, 0.29) is 30.2 Å². The maximum Gasteiger partial charge on any atom is 0.408 e. The molecule has 4 amide bonds. The summed E-state index contributed by atoms with van der Waals surface area (Å²) in [5.74, 6) is -1.89. The molecule has 5 N–H and O–H groups in total. The zero-order chi connectivity index (χ0) is 28.6. The third-order valence-corrected chi connectivity index (χ3v) is 5.48. The molecule has 0 aromatic heterocycles. The number of alkyl carbamates (subject to hydrolysis) is 1. The molecule has 1 aromatic rings. The summed E-state index contributed by atoms with van der Waals surface area (Å²) in [6.45, 7) is 14.2. The maximum atomic E-state index is 14.1. The first-order valence-electron chi connectivity index (χ1n) is 12.7. The number of aromatic hydroxyl groups is 1. The normalized spacial score (nSPS) is 14.2. The van der Waals surface area contributed by atoms with E-state index < -0.39 is 47.0 Å². The van der Waals surface area contributed by atoms with Crippen molar-refractivity contribution >= 4 is 23.8 Å². The van der Waals surface area contributed by atoms with Crippen molar-refractivity contribution in [3.05, 3.63) is 29.8 Å². The highest BCUT2D eigenvalue weighted by Gasteiger charge is 2.43. The number of benzene rings is 1. The first-order valence-corrected chi connectivity index (χ1v) is 12.7. The van der Waals surface area contributed by atoms with Crippen LogP contribution in [0.1, 0.15) is 92.7 Å². The smallest absolute Gasteiger partial charge is 0.408 e. The molecular weight excluding hydrogens is 476 g/mol. The molecule has 0 saturated heterocycles. The van der Waals surface area contributed by atoms with Crippen LogP contribution in [-0.2, 0) is 19.1 Å². The number of hydrogen-bond acceptors (Lipinski definition) is 6. The van der Waals surface area contributed by atoms with Crippen LogP contribution in [0.15, 0.2) is 24.3 Å². The molecule has 208 valence electrons. The average molecular weight is 521 g/mol. The van der Waals surface area contributed by atoms with Crippen LogP contribution < -0.4 is 16.4 Å². The lowest BCUT2D eigenvalue weighted by Gasteiger charge is -2.43. The Balaban J connectivity index is 3.59. The summed E-state index contributed by atoms with van der Waals surface area (Å²) >= 11 is 0. The fourth-order valence-electron chi connectivity index (χ4n) is 3.95. The summed E-state index contributed by atoms with van der Waals surface area (Å²) in [4.78, 5) is 53.2. The van der Waals surface area contributed by atoms with E-state index >= 15 is 0 Å². The molecule has 0 heterocycles. The number of hydrogen-bond donors (Lipinski definition) is 4. The highest BCUT2D eigenvalue weighted by Crippen LogP contribution is 2.34. The molecule has 37 heavy (non-hydrogen) atoms. The SMILES string of the molecule is CCCC(C)NC(=O)C(c1ccccc1O)N(C(=O)C(CCC(N)=O)NC(=O)OC(C)(C)C)C(C)(C)C. The van der Waals surface area contributed by atoms with Gasteiger partial charge in [-0.3, -0.25) is 14.4 Å². The van der Waals surface area contributed by atoms with Gasteiger partial charge in [0.15, 0.2) is 0 Å². The number of nitrogens with zero attached hydrogens (tertiary/aromatic N) is 1. The van der Waals surface area contributed by atoms with E-state index in [1.165, 1.54) is 11.0 Å². The quantitative estimate of drug-likeness (QED) is 0.350. The molecule has 0 aliphatic carbocycles. The molecule has 1 rings (SSSR count). The van der Waals surface area contributed by atoms with Crippen LogP contribution in [0.4, 0.5) is 4.79 Å². The van der Waals surface area contributed by atoms with E-state index in [1.54, 1.807) is 59.7 Å². The highest BCUT2D eigenvalue weighted by molar-refractivity contribution is 5.93. The first-order chi connectivity index (χ1) is 17.0. The summed E-state index contributed by atoms with van der Waals surface area (Å²) in [6, 6.07) is 3.71. The number of carbonyl (C=O) groups excluding carboxylic acids is 4. The van der Waals surface area contributed by atoms with E-state index in [9.17, 15) is 24.3 Å². The van der Waals surface area contributed by atoms with Gasteiger partial charge in [0.2, 0.25) is 17.7 Å². The Morgan fingerprint density at radius 3 is 2.11 bits per heavy atom. The lowest BCUT2D eigenvalue weighted by Crippen LogP contribution is -2.59. The highest BCUT2D eigenvalue weighted by atomic mass is 16.6. The number of primary amides is 1. The average Bonchev–Trinajstić information content (AvgIpc) is 2.72. The molecule has 1 aromatic carbocycles. The number of rotatable bonds is 11. The van der Waals surface area contributed by atoms with Gasteiger partial charge in [-0.05, 0) is 67.4 Å². The number of nitrogens with two attached hydrogens (primary N) is 1. The number of phenols is 1. The van der Waals surface area contributed by atoms with Crippen molar-refractivity contribution < 1.29 is 29.0 Å². The zero-order valence-corrected chi connectivity index (χ0v) is 23.4. The number of nitrogens with one attached hydrogen (secondary N) is 2. The van der Waals surface area contributed by atoms with Gasteiger partial charge in [0, 0.05) is 23.6 Å². The second kappa shape index (κ2) is 13.3. The van der Waals surface area contributed by atoms with Gasteiger partial charge >= 0.3 is 6.09 Å². The minimum absolute atomic E-state index is 0.0959. The van der Waals surface area contributed by atoms with Gasteiger partial charge in [0.25, 0.3) is 0 Å². The molecule has 3 atom stereocenters. The van der Waals surface area contributed by atoms with Crippen molar-refractivity contribution in [1.29, 1.82) is 0 Å². The van der Waals surface area contributed by atoms with Crippen LogP contribution in [0.5, 0.6) is 5.75 Å². The summed E-state index contributed by atoms with van der Waals surface area (Å²) in [5, 5.41) is 16.2. The lowest BCUT2D eigenvalue weighted by molar-refractivity contribution is -0.149. The summed E-state index contributed by atoms with van der Waals surface area (Å²) in [5.41, 5.74) is 3.81. The van der Waals surface area contributed by atoms with Crippen LogP contribution >= 0.6 is 0 Å². The molecule has 10 heteroatoms. The van der Waals surface area contributed by atoms with Crippen LogP contribution in [0, 0.1) is 0 Å². The Morgan fingerprint density at radius 2 is 1.62 bits per heavy atom. The predicted octanol–water partition coefficient (Wildman–Crippen LogP) is 3.52. The van der Waals surface area contributed by atoms with Gasteiger partial charge in [-0.25, -0.2) is 4.79 Å². The van der Waals surface area contributed by atoms with E-state index in [0.717, 1.165) is 12.8 Å². The first kappa shape index (κ1) is 31.7. The largest absolute Gasteiger partial charge is 0.508 e. The standard InChI is InChI=1S/C27H44N4O6/c1-9-12-17(2)29-23(34)22(18-13-10-11-14-20(18)32)31(26(3,4)5)24(35)19(15-16-21(28)33)30-25(36)37-27(6,7)8/h10-11,13-14,17,19,22,32H,9,12,15-16H2,1-8H3,(H2,28,33)(H,29,34)(H,30,36). The van der Waals surface area contributed by atoms with Crippen LogP contribution in [0.25, 0.3) is 0 Å². The van der Waals surface area contributed by atoms with E-state index in [0.29, 0.717) is 0 Å². The Morgan fingerprint density at radius 1 is 1.03 bits per heavy atom. The predicted molar refractivity (Wildman–Crippen MR) is 142 cm³/mol. The Bertz CT molecular complexity index is 951. The minimum atomic E-state index is -1.22. The zero-order valence-electron chi connectivity index (χ0n) is 23.4. The molecule has 0 radical (unpaired) electrons. The van der Waals surface area contributed by atoms with Crippen molar-refractivity contribution in [2.75, 3.05) is 0 Å². The van der Waals surface area contributed by atoms with Gasteiger partial charge in [0.05, 0.1) is 0 Å². The van der Waals surface area contributed by atoms with E-state index in [1.807, 2.05) is 13.8 Å². The van der Waals surface area contributed by atoms with Gasteiger partial charge in [-0.2, -0.15) is 0 Å². The topological polar surface area (TPSA) is 151 Å². The molecule has 10 nitrogen and oxygen atoms in total. The van der Waals surface area contributed by atoms with Crippen LogP contribution in [0.3, 0.4) is 0 Å². The van der Waals surface area contributed by atoms with Gasteiger partial charge in [0.1, 0.15) is 23.4 Å². The Hall–Kier alpha value is -3.30. The molecule has 0 aliphatic heterocycles. The molecule has 0 spiro atoms. The molecule has 0 bridgehead atoms. The number of phenolic OH excluding ortho intramolecular Hbond substituents is 1. The Labute approximate surface area is 220 Å². The van der Waals surface area contributed by atoms with Gasteiger partial charge in [-0.1, -0.05) is 31.5 Å². The van der Waals surface area contributed by atoms with Crippen molar-refractivity contribution in [3.63, 3.8) is 0 Å². The number of amides is 4. The second-order valence-electron chi connectivity index (χ2n) is 11.2. The van der Waals surface area contributed by atoms with Crippen LogP contribution in [0.2, 0.25) is 0 Å². The summed E-state index contributed by atoms with van der Waals surface area (Å²) < 4.78 is 5.33. The third kappa shape index (κ3) is 10.3. The fraction of sp³-hybridized carbons (Fsp3) is 0.630. The van der Waals surface area contributed by atoms with E-state index in [2.05, 4.69) is 10.6 Å². The number of para-hydroxylation sites is 1. The lowest BCUT2D eigenvalue weighted by atomic mass is 9.94. The second-order valence-corrected chi connectivity index (χ2v) is 11.2. The fourth-order valence-corrected chi connectivity index (χ4v) is 3.95. The summed E-state index contributed by atoms with van der Waals surface area (Å²) in [6.07, 6.45) is 0.459. The monoisotopic (exact) mass is 520 g/mol. The summed E-state index contributed by atoms with van der Waals surface area (Å²) in [7, 11) is 0. The molecular formula is C27H44N4O6. The van der Waals surface area contributed by atoms with Crippen molar-refractivity contribution in [1.82, 2.24) is 15.5 Å². The molecule has 0 fully saturated rings. The molecule has 0 aliphatic rings. The van der Waals surface area contributed by atoms with Crippen molar-refractivity contribution in [2.24, 2.45) is 5.73 Å². The minimum Gasteiger partial charge on any atom is -0.508 e. The van der Waals surface area contributed by atoms with Gasteiger partial charge in [-0.15, -0.1) is 0 Å². The Kier molecular flexibility index (Phi) is 11.4. The van der Waals surface area contributed by atoms with Crippen molar-refractivity contribution in [2.45, 2.75) is 110 Å². The van der Waals surface area contributed by atoms with Gasteiger partial charge < -0.3 is 31.1 Å². The maximum absolute atomic E-state index is 14.1. The third-order valence-electron chi connectivity index (χ3n) is 5.48. The van der Waals surface area contributed by atoms with Crippen molar-refractivity contribution in [3.8, 4) is 5.75 Å². The number of ether oxygens (including phenoxy) is 1.